The molecule has 1 aromatic heterocycles. The van der Waals surface area contributed by atoms with Crippen LogP contribution in [0.4, 0.5) is 4.79 Å². The van der Waals surface area contributed by atoms with Crippen LogP contribution in [-0.4, -0.2) is 50.7 Å². The first-order valence-corrected chi connectivity index (χ1v) is 10.8. The standard InChI is InChI=1S/C25H30N4O3/c1-19(2)14-29(25(32)27-24(31)21-11-7-4-8-12-21)23(17-30)13-22-16-28(18-26-22)15-20-9-5-3-6-10-20/h3-12,16,18-19,23,30H,13-15,17H2,1-2H3,(H,27,31,32)/t23-/m0/s1. The minimum atomic E-state index is -0.518. The van der Waals surface area contributed by atoms with E-state index in [4.69, 9.17) is 0 Å². The summed E-state index contributed by atoms with van der Waals surface area (Å²) in [6.07, 6.45) is 4.07. The molecule has 1 atom stereocenters. The van der Waals surface area contributed by atoms with Gasteiger partial charge in [0.05, 0.1) is 24.7 Å². The van der Waals surface area contributed by atoms with Gasteiger partial charge in [0, 0.05) is 31.3 Å². The van der Waals surface area contributed by atoms with E-state index >= 15 is 0 Å². The number of rotatable bonds is 9. The van der Waals surface area contributed by atoms with Crippen molar-refractivity contribution in [1.82, 2.24) is 19.8 Å². The molecule has 0 radical (unpaired) electrons. The van der Waals surface area contributed by atoms with Crippen molar-refractivity contribution in [1.29, 1.82) is 0 Å². The van der Waals surface area contributed by atoms with Crippen LogP contribution in [-0.2, 0) is 13.0 Å². The third kappa shape index (κ3) is 6.52. The summed E-state index contributed by atoms with van der Waals surface area (Å²) in [7, 11) is 0. The molecule has 2 aromatic carbocycles. The maximum atomic E-state index is 13.0. The van der Waals surface area contributed by atoms with Crippen molar-refractivity contribution in [2.24, 2.45) is 5.92 Å². The predicted molar refractivity (Wildman–Crippen MR) is 123 cm³/mol. The summed E-state index contributed by atoms with van der Waals surface area (Å²) < 4.78 is 1.98. The quantitative estimate of drug-likeness (QED) is 0.541. The van der Waals surface area contributed by atoms with E-state index in [1.165, 1.54) is 4.90 Å². The summed E-state index contributed by atoms with van der Waals surface area (Å²) in [5.41, 5.74) is 2.34. The lowest BCUT2D eigenvalue weighted by atomic mass is 10.1. The number of aliphatic hydroxyl groups is 1. The number of aromatic nitrogens is 2. The molecule has 0 unspecified atom stereocenters. The third-order valence-electron chi connectivity index (χ3n) is 5.07. The van der Waals surface area contributed by atoms with Gasteiger partial charge in [-0.05, 0) is 23.6 Å². The van der Waals surface area contributed by atoms with Crippen LogP contribution in [0.15, 0.2) is 73.2 Å². The monoisotopic (exact) mass is 434 g/mol. The molecule has 32 heavy (non-hydrogen) atoms. The van der Waals surface area contributed by atoms with Gasteiger partial charge in [-0.3, -0.25) is 10.1 Å². The van der Waals surface area contributed by atoms with E-state index in [1.807, 2.05) is 48.9 Å². The van der Waals surface area contributed by atoms with Crippen LogP contribution in [0, 0.1) is 5.92 Å². The van der Waals surface area contributed by atoms with Crippen LogP contribution in [0.25, 0.3) is 0 Å². The second-order valence-corrected chi connectivity index (χ2v) is 8.23. The smallest absolute Gasteiger partial charge is 0.324 e. The number of carbonyl (C=O) groups excluding carboxylic acids is 2. The van der Waals surface area contributed by atoms with E-state index in [9.17, 15) is 14.7 Å². The minimum absolute atomic E-state index is 0.164. The van der Waals surface area contributed by atoms with Crippen molar-refractivity contribution in [3.05, 3.63) is 90.0 Å². The Morgan fingerprint density at radius 1 is 1.06 bits per heavy atom. The summed E-state index contributed by atoms with van der Waals surface area (Å²) >= 11 is 0. The van der Waals surface area contributed by atoms with Gasteiger partial charge >= 0.3 is 6.03 Å². The topological polar surface area (TPSA) is 87.5 Å². The average molecular weight is 435 g/mol. The van der Waals surface area contributed by atoms with E-state index in [1.54, 1.807) is 30.6 Å². The molecule has 0 saturated carbocycles. The molecule has 168 valence electrons. The Balaban J connectivity index is 1.69. The van der Waals surface area contributed by atoms with Crippen LogP contribution in [0.1, 0.15) is 35.5 Å². The maximum Gasteiger partial charge on any atom is 0.324 e. The molecule has 3 aromatic rings. The van der Waals surface area contributed by atoms with Crippen LogP contribution < -0.4 is 5.32 Å². The number of imide groups is 1. The second kappa shape index (κ2) is 11.2. The summed E-state index contributed by atoms with van der Waals surface area (Å²) in [6, 6.07) is 17.6. The lowest BCUT2D eigenvalue weighted by Gasteiger charge is -2.31. The van der Waals surface area contributed by atoms with Crippen molar-refractivity contribution in [3.63, 3.8) is 0 Å². The number of nitrogens with one attached hydrogen (secondary N) is 1. The summed E-state index contributed by atoms with van der Waals surface area (Å²) in [4.78, 5) is 31.4. The molecule has 3 rings (SSSR count). The highest BCUT2D eigenvalue weighted by Gasteiger charge is 2.26. The largest absolute Gasteiger partial charge is 0.394 e. The number of hydrogen-bond donors (Lipinski definition) is 2. The Morgan fingerprint density at radius 2 is 1.72 bits per heavy atom. The van der Waals surface area contributed by atoms with Crippen molar-refractivity contribution in [3.8, 4) is 0 Å². The minimum Gasteiger partial charge on any atom is -0.394 e. The van der Waals surface area contributed by atoms with Crippen LogP contribution in [0.5, 0.6) is 0 Å². The molecular formula is C25H30N4O3. The molecule has 0 bridgehead atoms. The first-order valence-electron chi connectivity index (χ1n) is 10.8. The maximum absolute atomic E-state index is 13.0. The zero-order valence-electron chi connectivity index (χ0n) is 18.5. The Kier molecular flexibility index (Phi) is 8.16. The number of urea groups is 1. The van der Waals surface area contributed by atoms with Gasteiger partial charge in [0.1, 0.15) is 0 Å². The van der Waals surface area contributed by atoms with E-state index in [0.717, 1.165) is 11.3 Å². The summed E-state index contributed by atoms with van der Waals surface area (Å²) in [5, 5.41) is 12.5. The van der Waals surface area contributed by atoms with E-state index < -0.39 is 18.0 Å². The second-order valence-electron chi connectivity index (χ2n) is 8.23. The molecule has 2 N–H and O–H groups in total. The van der Waals surface area contributed by atoms with Gasteiger partial charge in [-0.15, -0.1) is 0 Å². The number of carbonyl (C=O) groups is 2. The first-order chi connectivity index (χ1) is 15.5. The average Bonchev–Trinajstić information content (AvgIpc) is 3.23. The molecular weight excluding hydrogens is 404 g/mol. The number of amides is 3. The lowest BCUT2D eigenvalue weighted by Crippen LogP contribution is -2.51. The normalized spacial score (nSPS) is 11.9. The van der Waals surface area contributed by atoms with Crippen molar-refractivity contribution < 1.29 is 14.7 Å². The highest BCUT2D eigenvalue weighted by molar-refractivity contribution is 6.04. The Hall–Kier alpha value is -3.45. The van der Waals surface area contributed by atoms with Gasteiger partial charge in [-0.25, -0.2) is 9.78 Å². The van der Waals surface area contributed by atoms with Gasteiger partial charge in [-0.1, -0.05) is 62.4 Å². The molecule has 7 heteroatoms. The predicted octanol–water partition coefficient (Wildman–Crippen LogP) is 3.34. The van der Waals surface area contributed by atoms with Gasteiger partial charge in [0.2, 0.25) is 0 Å². The fraction of sp³-hybridized carbons (Fsp3) is 0.320. The number of aliphatic hydroxyl groups excluding tert-OH is 1. The summed E-state index contributed by atoms with van der Waals surface area (Å²) in [5.74, 6) is -0.301. The number of hydrogen-bond acceptors (Lipinski definition) is 4. The molecule has 0 aliphatic carbocycles. The lowest BCUT2D eigenvalue weighted by molar-refractivity contribution is 0.0915. The van der Waals surface area contributed by atoms with E-state index in [0.29, 0.717) is 25.1 Å². The van der Waals surface area contributed by atoms with Crippen molar-refractivity contribution in [2.45, 2.75) is 32.9 Å². The zero-order valence-corrected chi connectivity index (χ0v) is 18.5. The third-order valence-corrected chi connectivity index (χ3v) is 5.07. The molecule has 7 nitrogen and oxygen atoms in total. The van der Waals surface area contributed by atoms with Crippen molar-refractivity contribution >= 4 is 11.9 Å². The SMILES string of the molecule is CC(C)CN(C(=O)NC(=O)c1ccccc1)[C@H](CO)Cc1cn(Cc2ccccc2)cn1. The van der Waals surface area contributed by atoms with Crippen LogP contribution >= 0.6 is 0 Å². The molecule has 0 aliphatic heterocycles. The van der Waals surface area contributed by atoms with Crippen LogP contribution in [0.3, 0.4) is 0 Å². The Morgan fingerprint density at radius 3 is 2.34 bits per heavy atom. The molecule has 3 amide bonds. The fourth-order valence-electron chi connectivity index (χ4n) is 3.53. The fourth-order valence-corrected chi connectivity index (χ4v) is 3.53. The number of imidazole rings is 1. The molecule has 0 fully saturated rings. The molecule has 0 spiro atoms. The Bertz CT molecular complexity index is 1000. The first kappa shape index (κ1) is 23.2. The molecule has 0 aliphatic rings. The van der Waals surface area contributed by atoms with E-state index in [-0.39, 0.29) is 12.5 Å². The van der Waals surface area contributed by atoms with Gasteiger partial charge in [0.25, 0.3) is 5.91 Å². The highest BCUT2D eigenvalue weighted by atomic mass is 16.3. The molecule has 0 saturated heterocycles. The highest BCUT2D eigenvalue weighted by Crippen LogP contribution is 2.12. The van der Waals surface area contributed by atoms with E-state index in [2.05, 4.69) is 22.4 Å². The number of nitrogens with zero attached hydrogens (tertiary/aromatic N) is 3. The van der Waals surface area contributed by atoms with Crippen molar-refractivity contribution in [2.75, 3.05) is 13.2 Å². The van der Waals surface area contributed by atoms with Gasteiger partial charge < -0.3 is 14.6 Å². The Labute approximate surface area is 188 Å². The van der Waals surface area contributed by atoms with Crippen LogP contribution in [0.2, 0.25) is 0 Å². The summed E-state index contributed by atoms with van der Waals surface area (Å²) in [6.45, 7) is 4.85. The number of benzene rings is 2. The van der Waals surface area contributed by atoms with Gasteiger partial charge in [-0.2, -0.15) is 0 Å². The van der Waals surface area contributed by atoms with Gasteiger partial charge in [0.15, 0.2) is 0 Å². The zero-order chi connectivity index (χ0) is 22.9. The molecule has 1 heterocycles.